The molecular weight excluding hydrogens is 354 g/mol. The maximum atomic E-state index is 6.22. The van der Waals surface area contributed by atoms with Gasteiger partial charge in [0.05, 0.1) is 30.0 Å². The maximum Gasteiger partial charge on any atom is 0.152 e. The van der Waals surface area contributed by atoms with Gasteiger partial charge in [0.2, 0.25) is 0 Å². The lowest BCUT2D eigenvalue weighted by Crippen LogP contribution is -2.12. The van der Waals surface area contributed by atoms with Crippen molar-refractivity contribution in [2.45, 2.75) is 46.6 Å². The Kier molecular flexibility index (Phi) is 6.81. The van der Waals surface area contributed by atoms with E-state index in [1.807, 2.05) is 32.0 Å². The number of pyridine rings is 1. The zero-order chi connectivity index (χ0) is 19.9. The van der Waals surface area contributed by atoms with E-state index >= 15 is 0 Å². The number of oxime groups is 1. The van der Waals surface area contributed by atoms with E-state index < -0.39 is 0 Å². The van der Waals surface area contributed by atoms with Crippen molar-refractivity contribution >= 4 is 33.5 Å². The van der Waals surface area contributed by atoms with Crippen molar-refractivity contribution < 1.29 is 9.57 Å². The summed E-state index contributed by atoms with van der Waals surface area (Å²) in [5.74, 6) is 1.51. The Morgan fingerprint density at radius 2 is 1.96 bits per heavy atom. The molecular formula is C21H29N5O2. The second kappa shape index (κ2) is 9.50. The largest absolute Gasteiger partial charge is 0.393 e. The number of ether oxygens (including phenoxy) is 1. The van der Waals surface area contributed by atoms with Crippen LogP contribution in [0.4, 0.5) is 5.82 Å². The van der Waals surface area contributed by atoms with Crippen LogP contribution in [0.5, 0.6) is 0 Å². The van der Waals surface area contributed by atoms with E-state index in [0.29, 0.717) is 32.2 Å². The molecule has 0 aliphatic heterocycles. The molecule has 0 saturated carbocycles. The van der Waals surface area contributed by atoms with Crippen LogP contribution in [0.15, 0.2) is 29.4 Å². The number of nitrogen functional groups attached to an aromatic ring is 1. The highest BCUT2D eigenvalue weighted by atomic mass is 16.6. The first kappa shape index (κ1) is 20.1. The first-order chi connectivity index (χ1) is 13.6. The molecule has 150 valence electrons. The van der Waals surface area contributed by atoms with E-state index in [4.69, 9.17) is 20.3 Å². The van der Waals surface area contributed by atoms with Crippen LogP contribution in [0.25, 0.3) is 21.9 Å². The van der Waals surface area contributed by atoms with Crippen LogP contribution in [0.3, 0.4) is 0 Å². The predicted octanol–water partition coefficient (Wildman–Crippen LogP) is 3.94. The van der Waals surface area contributed by atoms with E-state index in [0.717, 1.165) is 52.7 Å². The predicted molar refractivity (Wildman–Crippen MR) is 114 cm³/mol. The zero-order valence-electron chi connectivity index (χ0n) is 16.9. The number of unbranched alkanes of at least 4 members (excludes halogenated alkanes) is 1. The van der Waals surface area contributed by atoms with Gasteiger partial charge in [0, 0.05) is 18.4 Å². The third-order valence-corrected chi connectivity index (χ3v) is 4.47. The molecule has 0 radical (unpaired) electrons. The fraction of sp³-hybridized carbons (Fsp3) is 0.476. The standard InChI is InChI=1S/C21H29N5O2/c1-4-5-10-18-24-19-20(16-8-6-7-9-17(16)23-21(19)22)26(18)11-12-27-13-14-28-25-15(2)3/h6-9H,4-5,10-14H2,1-3H3,(H2,22,23). The van der Waals surface area contributed by atoms with Crippen LogP contribution < -0.4 is 5.73 Å². The maximum absolute atomic E-state index is 6.22. The summed E-state index contributed by atoms with van der Waals surface area (Å²) in [4.78, 5) is 14.5. The molecule has 0 aliphatic carbocycles. The minimum atomic E-state index is 0.443. The summed E-state index contributed by atoms with van der Waals surface area (Å²) in [6.45, 7) is 8.19. The molecule has 0 saturated heterocycles. The minimum Gasteiger partial charge on any atom is -0.393 e. The molecule has 0 aliphatic rings. The number of fused-ring (bicyclic) bond motifs is 3. The zero-order valence-corrected chi connectivity index (χ0v) is 16.9. The Hall–Kier alpha value is -2.67. The third-order valence-electron chi connectivity index (χ3n) is 4.47. The fourth-order valence-corrected chi connectivity index (χ4v) is 3.20. The highest BCUT2D eigenvalue weighted by Crippen LogP contribution is 2.29. The van der Waals surface area contributed by atoms with Crippen LogP contribution in [0.2, 0.25) is 0 Å². The van der Waals surface area contributed by atoms with Crippen LogP contribution >= 0.6 is 0 Å². The van der Waals surface area contributed by atoms with Crippen molar-refractivity contribution in [3.8, 4) is 0 Å². The highest BCUT2D eigenvalue weighted by molar-refractivity contribution is 6.06. The first-order valence-electron chi connectivity index (χ1n) is 9.86. The second-order valence-corrected chi connectivity index (χ2v) is 6.98. The van der Waals surface area contributed by atoms with Gasteiger partial charge in [-0.1, -0.05) is 36.7 Å². The van der Waals surface area contributed by atoms with E-state index in [1.165, 1.54) is 0 Å². The molecule has 3 rings (SSSR count). The van der Waals surface area contributed by atoms with Crippen molar-refractivity contribution in [3.63, 3.8) is 0 Å². The summed E-state index contributed by atoms with van der Waals surface area (Å²) in [5.41, 5.74) is 9.82. The van der Waals surface area contributed by atoms with E-state index in [1.54, 1.807) is 0 Å². The lowest BCUT2D eigenvalue weighted by Gasteiger charge is -2.11. The van der Waals surface area contributed by atoms with Crippen LogP contribution in [-0.2, 0) is 22.5 Å². The quantitative estimate of drug-likeness (QED) is 0.325. The average molecular weight is 383 g/mol. The number of hydrogen-bond donors (Lipinski definition) is 1. The van der Waals surface area contributed by atoms with E-state index in [2.05, 4.69) is 27.7 Å². The molecule has 2 heterocycles. The smallest absolute Gasteiger partial charge is 0.152 e. The van der Waals surface area contributed by atoms with Gasteiger partial charge in [-0.25, -0.2) is 9.97 Å². The van der Waals surface area contributed by atoms with Gasteiger partial charge >= 0.3 is 0 Å². The van der Waals surface area contributed by atoms with Gasteiger partial charge in [-0.05, 0) is 26.3 Å². The van der Waals surface area contributed by atoms with Gasteiger partial charge in [-0.3, -0.25) is 0 Å². The van der Waals surface area contributed by atoms with E-state index in [9.17, 15) is 0 Å². The monoisotopic (exact) mass is 383 g/mol. The molecule has 0 atom stereocenters. The Morgan fingerprint density at radius 3 is 2.75 bits per heavy atom. The Bertz CT molecular complexity index is 960. The van der Waals surface area contributed by atoms with Gasteiger partial charge < -0.3 is 19.9 Å². The number of rotatable bonds is 10. The lowest BCUT2D eigenvalue weighted by atomic mass is 10.2. The summed E-state index contributed by atoms with van der Waals surface area (Å²) >= 11 is 0. The summed E-state index contributed by atoms with van der Waals surface area (Å²) in [6.07, 6.45) is 3.10. The van der Waals surface area contributed by atoms with Crippen molar-refractivity contribution in [1.82, 2.24) is 14.5 Å². The molecule has 2 aromatic heterocycles. The molecule has 2 N–H and O–H groups in total. The number of hydrogen-bond acceptors (Lipinski definition) is 6. The number of para-hydroxylation sites is 1. The van der Waals surface area contributed by atoms with Crippen LogP contribution in [0, 0.1) is 0 Å². The Labute approximate surface area is 165 Å². The molecule has 0 amide bonds. The topological polar surface area (TPSA) is 87.5 Å². The molecule has 0 spiro atoms. The molecule has 1 aromatic carbocycles. The molecule has 0 unspecified atom stereocenters. The molecule has 28 heavy (non-hydrogen) atoms. The number of imidazole rings is 1. The number of benzene rings is 1. The lowest BCUT2D eigenvalue weighted by molar-refractivity contribution is 0.0476. The van der Waals surface area contributed by atoms with Gasteiger partial charge in [-0.2, -0.15) is 0 Å². The molecule has 0 fully saturated rings. The normalized spacial score (nSPS) is 11.2. The summed E-state index contributed by atoms with van der Waals surface area (Å²) in [6, 6.07) is 8.06. The summed E-state index contributed by atoms with van der Waals surface area (Å²) in [7, 11) is 0. The van der Waals surface area contributed by atoms with Crippen molar-refractivity contribution in [2.75, 3.05) is 25.6 Å². The Morgan fingerprint density at radius 1 is 1.14 bits per heavy atom. The second-order valence-electron chi connectivity index (χ2n) is 6.98. The summed E-state index contributed by atoms with van der Waals surface area (Å²) < 4.78 is 7.99. The number of anilines is 1. The molecule has 7 heteroatoms. The van der Waals surface area contributed by atoms with Crippen molar-refractivity contribution in [3.05, 3.63) is 30.1 Å². The van der Waals surface area contributed by atoms with E-state index in [-0.39, 0.29) is 0 Å². The number of nitrogens with two attached hydrogens (primary N) is 1. The number of nitrogens with zero attached hydrogens (tertiary/aromatic N) is 4. The highest BCUT2D eigenvalue weighted by Gasteiger charge is 2.16. The number of aromatic nitrogens is 3. The average Bonchev–Trinajstić information content (AvgIpc) is 3.05. The third kappa shape index (κ3) is 4.59. The number of aryl methyl sites for hydroxylation is 1. The van der Waals surface area contributed by atoms with Crippen LogP contribution in [0.1, 0.15) is 39.4 Å². The molecule has 0 bridgehead atoms. The van der Waals surface area contributed by atoms with Gasteiger partial charge in [0.1, 0.15) is 17.9 Å². The Balaban J connectivity index is 1.83. The van der Waals surface area contributed by atoms with Crippen LogP contribution in [-0.4, -0.2) is 40.1 Å². The van der Waals surface area contributed by atoms with Gasteiger partial charge in [0.25, 0.3) is 0 Å². The minimum absolute atomic E-state index is 0.443. The van der Waals surface area contributed by atoms with Crippen molar-refractivity contribution in [1.29, 1.82) is 0 Å². The van der Waals surface area contributed by atoms with Gasteiger partial charge in [-0.15, -0.1) is 0 Å². The summed E-state index contributed by atoms with van der Waals surface area (Å²) in [5, 5.41) is 4.97. The fourth-order valence-electron chi connectivity index (χ4n) is 3.20. The van der Waals surface area contributed by atoms with Crippen molar-refractivity contribution in [2.24, 2.45) is 5.16 Å². The first-order valence-corrected chi connectivity index (χ1v) is 9.86. The molecule has 3 aromatic rings. The SMILES string of the molecule is CCCCc1nc2c(N)nc3ccccc3c2n1CCOCCON=C(C)C. The van der Waals surface area contributed by atoms with Gasteiger partial charge in [0.15, 0.2) is 5.82 Å². The molecule has 7 nitrogen and oxygen atoms in total.